The third-order valence-corrected chi connectivity index (χ3v) is 7.72. The summed E-state index contributed by atoms with van der Waals surface area (Å²) in [6.07, 6.45) is -2.79. The lowest BCUT2D eigenvalue weighted by atomic mass is 9.93. The zero-order valence-corrected chi connectivity index (χ0v) is 22.1. The van der Waals surface area contributed by atoms with Gasteiger partial charge in [0.2, 0.25) is 0 Å². The molecule has 1 aliphatic rings. The molecule has 1 aliphatic heterocycles. The molecule has 11 heteroatoms. The summed E-state index contributed by atoms with van der Waals surface area (Å²) >= 11 is 13.1. The first-order valence-electron chi connectivity index (χ1n) is 11.8. The number of methoxy groups -OCH3 is 1. The Kier molecular flexibility index (Phi) is 7.76. The number of carbonyl (C=O) groups is 2. The highest BCUT2D eigenvalue weighted by molar-refractivity contribution is 6.38. The van der Waals surface area contributed by atoms with Gasteiger partial charge < -0.3 is 9.64 Å². The Bertz CT molecular complexity index is 1360. The lowest BCUT2D eigenvalue weighted by Crippen LogP contribution is -2.39. The molecule has 0 spiro atoms. The molecule has 37 heavy (non-hydrogen) atoms. The molecule has 3 aromatic rings. The van der Waals surface area contributed by atoms with E-state index in [1.165, 1.54) is 7.11 Å². The van der Waals surface area contributed by atoms with Crippen molar-refractivity contribution in [2.24, 2.45) is 5.92 Å². The highest BCUT2D eigenvalue weighted by Crippen LogP contribution is 2.35. The van der Waals surface area contributed by atoms with Crippen LogP contribution in [0.1, 0.15) is 52.0 Å². The van der Waals surface area contributed by atoms with Gasteiger partial charge in [0.1, 0.15) is 0 Å². The number of piperidine rings is 1. The molecule has 1 fully saturated rings. The Morgan fingerprint density at radius 1 is 1.14 bits per heavy atom. The van der Waals surface area contributed by atoms with Gasteiger partial charge in [0.05, 0.1) is 35.3 Å². The van der Waals surface area contributed by atoms with Crippen molar-refractivity contribution < 1.29 is 27.5 Å². The maximum Gasteiger partial charge on any atom is 0.416 e. The first kappa shape index (κ1) is 27.3. The van der Waals surface area contributed by atoms with Gasteiger partial charge >= 0.3 is 12.1 Å². The first-order chi connectivity index (χ1) is 17.4. The molecule has 0 saturated carbocycles. The molecular weight excluding hydrogens is 530 g/mol. The molecule has 1 amide bonds. The van der Waals surface area contributed by atoms with E-state index in [4.69, 9.17) is 27.9 Å². The van der Waals surface area contributed by atoms with Gasteiger partial charge in [0.25, 0.3) is 5.91 Å². The van der Waals surface area contributed by atoms with E-state index in [9.17, 15) is 22.8 Å². The minimum atomic E-state index is -4.47. The summed E-state index contributed by atoms with van der Waals surface area (Å²) in [6, 6.07) is 5.33. The number of halogens is 5. The largest absolute Gasteiger partial charge is 0.469 e. The van der Waals surface area contributed by atoms with Crippen LogP contribution in [0.4, 0.5) is 13.2 Å². The van der Waals surface area contributed by atoms with Crippen LogP contribution in [0.15, 0.2) is 24.3 Å². The molecule has 1 saturated heterocycles. The van der Waals surface area contributed by atoms with E-state index in [0.717, 1.165) is 12.1 Å². The van der Waals surface area contributed by atoms with Gasteiger partial charge in [-0.05, 0) is 62.4 Å². The van der Waals surface area contributed by atoms with Crippen LogP contribution in [0, 0.1) is 19.8 Å². The predicted octanol–water partition coefficient (Wildman–Crippen LogP) is 6.44. The van der Waals surface area contributed by atoms with Crippen LogP contribution in [-0.4, -0.2) is 46.8 Å². The number of aromatic nitrogens is 2. The summed E-state index contributed by atoms with van der Waals surface area (Å²) < 4.78 is 46.3. The fourth-order valence-electron chi connectivity index (χ4n) is 4.73. The third-order valence-electron chi connectivity index (χ3n) is 6.93. The first-order valence-corrected chi connectivity index (χ1v) is 12.5. The molecule has 6 nitrogen and oxygen atoms in total. The van der Waals surface area contributed by atoms with Crippen LogP contribution < -0.4 is 0 Å². The molecule has 0 radical (unpaired) electrons. The molecule has 0 unspecified atom stereocenters. The average Bonchev–Trinajstić information content (AvgIpc) is 3.17. The number of carbonyl (C=O) groups excluding carboxylic acids is 2. The number of esters is 1. The Morgan fingerprint density at radius 2 is 1.81 bits per heavy atom. The quantitative estimate of drug-likeness (QED) is 0.340. The van der Waals surface area contributed by atoms with Crippen LogP contribution in [-0.2, 0) is 22.3 Å². The second-order valence-corrected chi connectivity index (χ2v) is 10.1. The van der Waals surface area contributed by atoms with Crippen LogP contribution in [0.3, 0.4) is 0 Å². The Morgan fingerprint density at radius 3 is 2.43 bits per heavy atom. The van der Waals surface area contributed by atoms with Crippen molar-refractivity contribution in [1.82, 2.24) is 14.7 Å². The van der Waals surface area contributed by atoms with E-state index in [-0.39, 0.29) is 34.9 Å². The molecule has 0 aliphatic carbocycles. The maximum absolute atomic E-state index is 13.3. The predicted molar refractivity (Wildman–Crippen MR) is 135 cm³/mol. The fourth-order valence-corrected chi connectivity index (χ4v) is 5.30. The number of likely N-dealkylation sites (tertiary alicyclic amines) is 1. The monoisotopic (exact) mass is 555 g/mol. The van der Waals surface area contributed by atoms with Crippen molar-refractivity contribution in [3.05, 3.63) is 62.3 Å². The van der Waals surface area contributed by atoms with E-state index in [0.29, 0.717) is 65.1 Å². The molecule has 198 valence electrons. The number of amides is 1. The lowest BCUT2D eigenvalue weighted by Gasteiger charge is -2.32. The topological polar surface area (TPSA) is 64.4 Å². The SMILES string of the molecule is COC(=O)CC1CCN(C(=O)c2ccc(Cl)c(Cn3nc4c(C)cc(C(F)(F)F)cc4c3C)c2Cl)CC1. The normalized spacial score (nSPS) is 14.9. The minimum Gasteiger partial charge on any atom is -0.469 e. The van der Waals surface area contributed by atoms with E-state index in [1.807, 2.05) is 0 Å². The van der Waals surface area contributed by atoms with E-state index < -0.39 is 11.7 Å². The van der Waals surface area contributed by atoms with Crippen LogP contribution >= 0.6 is 23.2 Å². The van der Waals surface area contributed by atoms with Gasteiger partial charge in [-0.25, -0.2) is 0 Å². The third kappa shape index (κ3) is 5.57. The number of fused-ring (bicyclic) bond motifs is 1. The van der Waals surface area contributed by atoms with Gasteiger partial charge in [-0.15, -0.1) is 0 Å². The number of rotatable bonds is 5. The van der Waals surface area contributed by atoms with Crippen molar-refractivity contribution in [2.45, 2.75) is 45.8 Å². The molecule has 0 atom stereocenters. The summed E-state index contributed by atoms with van der Waals surface area (Å²) in [5.41, 5.74) is 1.40. The summed E-state index contributed by atoms with van der Waals surface area (Å²) in [4.78, 5) is 26.5. The van der Waals surface area contributed by atoms with Crippen LogP contribution in [0.25, 0.3) is 10.9 Å². The molecule has 1 aromatic heterocycles. The number of nitrogens with zero attached hydrogens (tertiary/aromatic N) is 3. The highest BCUT2D eigenvalue weighted by atomic mass is 35.5. The van der Waals surface area contributed by atoms with Gasteiger partial charge in [-0.1, -0.05) is 23.2 Å². The summed E-state index contributed by atoms with van der Waals surface area (Å²) in [7, 11) is 1.36. The number of benzene rings is 2. The number of alkyl halides is 3. The van der Waals surface area contributed by atoms with E-state index in [1.54, 1.807) is 35.6 Å². The van der Waals surface area contributed by atoms with Crippen LogP contribution in [0.2, 0.25) is 10.0 Å². The number of aryl methyl sites for hydroxylation is 2. The standard InChI is InChI=1S/C26H26Cl2F3N3O3/c1-14-10-17(26(29,30)31)12-19-15(2)34(32-24(14)19)13-20-21(27)5-4-18(23(20)28)25(36)33-8-6-16(7-9-33)11-22(35)37-3/h4-5,10,12,16H,6-9,11,13H2,1-3H3. The number of hydrogen-bond donors (Lipinski definition) is 0. The zero-order chi connectivity index (χ0) is 27.1. The van der Waals surface area contributed by atoms with Crippen molar-refractivity contribution in [1.29, 1.82) is 0 Å². The number of hydrogen-bond acceptors (Lipinski definition) is 4. The van der Waals surface area contributed by atoms with Crippen molar-refractivity contribution in [3.63, 3.8) is 0 Å². The molecule has 2 heterocycles. The summed E-state index contributed by atoms with van der Waals surface area (Å²) in [5.74, 6) is -0.347. The summed E-state index contributed by atoms with van der Waals surface area (Å²) in [5, 5.41) is 5.41. The van der Waals surface area contributed by atoms with Gasteiger partial charge in [0.15, 0.2) is 0 Å². The minimum absolute atomic E-state index is 0.0846. The van der Waals surface area contributed by atoms with Gasteiger partial charge in [-0.3, -0.25) is 14.3 Å². The second-order valence-electron chi connectivity index (χ2n) is 9.33. The number of ether oxygens (including phenoxy) is 1. The molecule has 0 N–H and O–H groups in total. The second kappa shape index (κ2) is 10.5. The Labute approximate surface area is 222 Å². The van der Waals surface area contributed by atoms with E-state index >= 15 is 0 Å². The molecular formula is C26H26Cl2F3N3O3. The Hall–Kier alpha value is -2.78. The van der Waals surface area contributed by atoms with Crippen LogP contribution in [0.5, 0.6) is 0 Å². The fraction of sp³-hybridized carbons (Fsp3) is 0.423. The molecule has 0 bridgehead atoms. The maximum atomic E-state index is 13.3. The van der Waals surface area contributed by atoms with Crippen molar-refractivity contribution >= 4 is 46.0 Å². The van der Waals surface area contributed by atoms with E-state index in [2.05, 4.69) is 5.10 Å². The van der Waals surface area contributed by atoms with Gasteiger partial charge in [0, 0.05) is 41.2 Å². The van der Waals surface area contributed by atoms with Gasteiger partial charge in [-0.2, -0.15) is 18.3 Å². The van der Waals surface area contributed by atoms with Crippen molar-refractivity contribution in [2.75, 3.05) is 20.2 Å². The summed E-state index contributed by atoms with van der Waals surface area (Å²) in [6.45, 7) is 4.33. The molecule has 4 rings (SSSR count). The smallest absolute Gasteiger partial charge is 0.416 e. The Balaban J connectivity index is 1.59. The lowest BCUT2D eigenvalue weighted by molar-refractivity contribution is -0.142. The van der Waals surface area contributed by atoms with Crippen molar-refractivity contribution in [3.8, 4) is 0 Å². The highest BCUT2D eigenvalue weighted by Gasteiger charge is 2.32. The molecule has 2 aromatic carbocycles. The zero-order valence-electron chi connectivity index (χ0n) is 20.6. The average molecular weight is 556 g/mol.